The molecule has 3 saturated heterocycles. The number of nitrogens with zero attached hydrogens (tertiary/aromatic N) is 3. The Morgan fingerprint density at radius 2 is 1.90 bits per heavy atom. The third kappa shape index (κ3) is 5.74. The van der Waals surface area contributed by atoms with Crippen molar-refractivity contribution in [1.82, 2.24) is 9.80 Å². The number of amides is 1. The van der Waals surface area contributed by atoms with Gasteiger partial charge in [0.1, 0.15) is 0 Å². The van der Waals surface area contributed by atoms with Gasteiger partial charge in [0.2, 0.25) is 0 Å². The minimum atomic E-state index is -5.08. The molecular formula is C21H24F3N3O4. The first-order chi connectivity index (χ1) is 14.7. The molecule has 10 heteroatoms. The highest BCUT2D eigenvalue weighted by Crippen LogP contribution is 2.35. The molecule has 3 fully saturated rings. The molecule has 1 amide bonds. The molecule has 1 aromatic rings. The van der Waals surface area contributed by atoms with Crippen molar-refractivity contribution in [2.24, 2.45) is 11.8 Å². The molecule has 3 heterocycles. The van der Waals surface area contributed by atoms with E-state index >= 15 is 0 Å². The maximum absolute atomic E-state index is 12.7. The van der Waals surface area contributed by atoms with Crippen LogP contribution < -0.4 is 0 Å². The van der Waals surface area contributed by atoms with Crippen LogP contribution in [0.4, 0.5) is 13.2 Å². The van der Waals surface area contributed by atoms with Gasteiger partial charge in [-0.25, -0.2) is 4.79 Å². The van der Waals surface area contributed by atoms with Gasteiger partial charge in [-0.15, -0.1) is 0 Å². The van der Waals surface area contributed by atoms with E-state index in [2.05, 4.69) is 11.0 Å². The Morgan fingerprint density at radius 3 is 2.52 bits per heavy atom. The Kier molecular flexibility index (Phi) is 7.18. The zero-order valence-electron chi connectivity index (χ0n) is 16.8. The van der Waals surface area contributed by atoms with Crippen LogP contribution in [0.1, 0.15) is 28.8 Å². The van der Waals surface area contributed by atoms with Gasteiger partial charge in [-0.1, -0.05) is 6.07 Å². The summed E-state index contributed by atoms with van der Waals surface area (Å²) in [6.07, 6.45) is -2.29. The van der Waals surface area contributed by atoms with Gasteiger partial charge in [-0.2, -0.15) is 18.4 Å². The molecule has 0 aromatic heterocycles. The normalized spacial score (nSPS) is 25.5. The predicted octanol–water partition coefficient (Wildman–Crippen LogP) is 2.37. The van der Waals surface area contributed by atoms with Crippen molar-refractivity contribution in [1.29, 1.82) is 5.26 Å². The van der Waals surface area contributed by atoms with Crippen molar-refractivity contribution in [2.45, 2.75) is 25.1 Å². The standard InChI is InChI=1S/C19H23N3O2.C2HF3O2/c20-9-14-4-3-5-15(8-14)19(23)22-11-17-16(13-24-18(17)12-22)10-21-6-1-2-7-21;3-2(4,5)1(6)7/h3-5,8,16-18H,1-2,6-7,10-13H2;(H,6,7)/t16-,17+,18+;/m0./s1. The van der Waals surface area contributed by atoms with Crippen LogP contribution in [0.15, 0.2) is 24.3 Å². The average molecular weight is 439 g/mol. The molecule has 0 unspecified atom stereocenters. The van der Waals surface area contributed by atoms with Crippen molar-refractivity contribution >= 4 is 11.9 Å². The lowest BCUT2D eigenvalue weighted by Crippen LogP contribution is -2.34. The fourth-order valence-corrected chi connectivity index (χ4v) is 4.35. The number of likely N-dealkylation sites (tertiary alicyclic amines) is 2. The molecule has 1 N–H and O–H groups in total. The van der Waals surface area contributed by atoms with Gasteiger partial charge < -0.3 is 19.6 Å². The van der Waals surface area contributed by atoms with Gasteiger partial charge in [-0.05, 0) is 44.1 Å². The first-order valence-corrected chi connectivity index (χ1v) is 10.1. The molecule has 0 aliphatic carbocycles. The van der Waals surface area contributed by atoms with E-state index in [0.29, 0.717) is 29.5 Å². The van der Waals surface area contributed by atoms with E-state index in [1.54, 1.807) is 24.3 Å². The summed E-state index contributed by atoms with van der Waals surface area (Å²) in [6.45, 7) is 5.80. The Bertz CT molecular complexity index is 849. The summed E-state index contributed by atoms with van der Waals surface area (Å²) in [5.41, 5.74) is 1.13. The number of ether oxygens (including phenoxy) is 1. The van der Waals surface area contributed by atoms with Gasteiger partial charge in [0.15, 0.2) is 0 Å². The number of alkyl halides is 3. The van der Waals surface area contributed by atoms with Gasteiger partial charge in [-0.3, -0.25) is 4.79 Å². The van der Waals surface area contributed by atoms with Gasteiger partial charge in [0, 0.05) is 37.0 Å². The van der Waals surface area contributed by atoms with Gasteiger partial charge in [0.05, 0.1) is 24.3 Å². The second-order valence-electron chi connectivity index (χ2n) is 8.01. The number of carbonyl (C=O) groups excluding carboxylic acids is 1. The van der Waals surface area contributed by atoms with Crippen LogP contribution in [0, 0.1) is 23.2 Å². The number of carboxylic acids is 1. The van der Waals surface area contributed by atoms with Crippen LogP contribution in [0.2, 0.25) is 0 Å². The van der Waals surface area contributed by atoms with E-state index in [9.17, 15) is 18.0 Å². The van der Waals surface area contributed by atoms with Crippen molar-refractivity contribution < 1.29 is 32.6 Å². The zero-order chi connectivity index (χ0) is 22.6. The van der Waals surface area contributed by atoms with Crippen LogP contribution >= 0.6 is 0 Å². The van der Waals surface area contributed by atoms with E-state index in [1.807, 2.05) is 4.90 Å². The lowest BCUT2D eigenvalue weighted by molar-refractivity contribution is -0.192. The second-order valence-corrected chi connectivity index (χ2v) is 8.01. The lowest BCUT2D eigenvalue weighted by atomic mass is 9.93. The smallest absolute Gasteiger partial charge is 0.475 e. The molecule has 4 rings (SSSR count). The molecule has 0 bridgehead atoms. The summed E-state index contributed by atoms with van der Waals surface area (Å²) >= 11 is 0. The molecule has 0 radical (unpaired) electrons. The number of aliphatic carboxylic acids is 1. The van der Waals surface area contributed by atoms with Gasteiger partial charge in [0.25, 0.3) is 5.91 Å². The van der Waals surface area contributed by atoms with Gasteiger partial charge >= 0.3 is 12.1 Å². The largest absolute Gasteiger partial charge is 0.490 e. The zero-order valence-corrected chi connectivity index (χ0v) is 16.8. The topological polar surface area (TPSA) is 93.9 Å². The molecule has 3 aliphatic heterocycles. The van der Waals surface area contributed by atoms with Crippen LogP contribution in [0.5, 0.6) is 0 Å². The Hall–Kier alpha value is -2.64. The summed E-state index contributed by atoms with van der Waals surface area (Å²) in [6, 6.07) is 9.07. The van der Waals surface area contributed by atoms with Crippen molar-refractivity contribution in [3.63, 3.8) is 0 Å². The fraction of sp³-hybridized carbons (Fsp3) is 0.571. The molecule has 3 atom stereocenters. The molecule has 0 saturated carbocycles. The number of carboxylic acid groups (broad SMARTS) is 1. The van der Waals surface area contributed by atoms with Crippen LogP contribution in [0.3, 0.4) is 0 Å². The van der Waals surface area contributed by atoms with E-state index in [4.69, 9.17) is 19.9 Å². The number of halogens is 3. The number of benzene rings is 1. The molecular weight excluding hydrogens is 415 g/mol. The van der Waals surface area contributed by atoms with Crippen LogP contribution in [-0.2, 0) is 9.53 Å². The van der Waals surface area contributed by atoms with E-state index in [0.717, 1.165) is 19.7 Å². The van der Waals surface area contributed by atoms with E-state index in [-0.39, 0.29) is 12.0 Å². The summed E-state index contributed by atoms with van der Waals surface area (Å²) in [5, 5.41) is 16.1. The Labute approximate surface area is 178 Å². The van der Waals surface area contributed by atoms with Crippen LogP contribution in [-0.4, -0.2) is 78.4 Å². The minimum Gasteiger partial charge on any atom is -0.475 e. The highest BCUT2D eigenvalue weighted by atomic mass is 19.4. The SMILES string of the molecule is N#Cc1cccc(C(=O)N2C[C@@H]3[C@@H](CN4CCCC4)CO[C@@H]3C2)c1.O=C(O)C(F)(F)F. The number of hydrogen-bond acceptors (Lipinski definition) is 5. The maximum Gasteiger partial charge on any atom is 0.490 e. The number of nitriles is 1. The van der Waals surface area contributed by atoms with E-state index < -0.39 is 12.1 Å². The number of carbonyl (C=O) groups is 2. The monoisotopic (exact) mass is 439 g/mol. The summed E-state index contributed by atoms with van der Waals surface area (Å²) in [7, 11) is 0. The minimum absolute atomic E-state index is 0.0185. The summed E-state index contributed by atoms with van der Waals surface area (Å²) < 4.78 is 37.7. The first kappa shape index (κ1) is 23.0. The third-order valence-electron chi connectivity index (χ3n) is 5.90. The second kappa shape index (κ2) is 9.66. The molecule has 168 valence electrons. The molecule has 1 aromatic carbocycles. The number of fused-ring (bicyclic) bond motifs is 1. The average Bonchev–Trinajstić information content (AvgIpc) is 3.46. The molecule has 0 spiro atoms. The highest BCUT2D eigenvalue weighted by molar-refractivity contribution is 5.94. The quantitative estimate of drug-likeness (QED) is 0.777. The Morgan fingerprint density at radius 1 is 1.23 bits per heavy atom. The highest BCUT2D eigenvalue weighted by Gasteiger charge is 2.45. The molecule has 7 nitrogen and oxygen atoms in total. The third-order valence-corrected chi connectivity index (χ3v) is 5.90. The van der Waals surface area contributed by atoms with Crippen molar-refractivity contribution in [2.75, 3.05) is 39.3 Å². The summed E-state index contributed by atoms with van der Waals surface area (Å²) in [4.78, 5) is 26.1. The van der Waals surface area contributed by atoms with E-state index in [1.165, 1.54) is 25.9 Å². The maximum atomic E-state index is 12.7. The molecule has 31 heavy (non-hydrogen) atoms. The Balaban J connectivity index is 0.000000339. The summed E-state index contributed by atoms with van der Waals surface area (Å²) in [5.74, 6) is -1.75. The molecule has 3 aliphatic rings. The predicted molar refractivity (Wildman–Crippen MR) is 103 cm³/mol. The fourth-order valence-electron chi connectivity index (χ4n) is 4.35. The van der Waals surface area contributed by atoms with Crippen molar-refractivity contribution in [3.8, 4) is 6.07 Å². The number of rotatable bonds is 3. The van der Waals surface area contributed by atoms with Crippen molar-refractivity contribution in [3.05, 3.63) is 35.4 Å². The van der Waals surface area contributed by atoms with Crippen LogP contribution in [0.25, 0.3) is 0 Å². The number of hydrogen-bond donors (Lipinski definition) is 1. The first-order valence-electron chi connectivity index (χ1n) is 10.1. The lowest BCUT2D eigenvalue weighted by Gasteiger charge is -2.24.